The number of rotatable bonds is 1. The minimum atomic E-state index is -0.104. The SMILES string of the molecule is FCC1CCSC12CCCNCC2. The van der Waals surface area contributed by atoms with Crippen molar-refractivity contribution in [2.75, 3.05) is 25.5 Å². The van der Waals surface area contributed by atoms with Crippen molar-refractivity contribution >= 4 is 11.8 Å². The molecule has 2 fully saturated rings. The molecular formula is C10H18FNS. The van der Waals surface area contributed by atoms with Gasteiger partial charge in [-0.25, -0.2) is 0 Å². The Labute approximate surface area is 83.9 Å². The number of hydrogen-bond donors (Lipinski definition) is 1. The van der Waals surface area contributed by atoms with Gasteiger partial charge in [-0.1, -0.05) is 0 Å². The molecule has 3 heteroatoms. The van der Waals surface area contributed by atoms with Crippen LogP contribution in [0.1, 0.15) is 25.7 Å². The van der Waals surface area contributed by atoms with Crippen molar-refractivity contribution in [2.45, 2.75) is 30.4 Å². The lowest BCUT2D eigenvalue weighted by Crippen LogP contribution is -2.32. The first-order chi connectivity index (χ1) is 6.37. The Morgan fingerprint density at radius 2 is 2.31 bits per heavy atom. The molecule has 0 aromatic rings. The van der Waals surface area contributed by atoms with Gasteiger partial charge in [-0.3, -0.25) is 4.39 Å². The maximum absolute atomic E-state index is 12.8. The van der Waals surface area contributed by atoms with Gasteiger partial charge in [0.15, 0.2) is 0 Å². The quantitative estimate of drug-likeness (QED) is 0.701. The van der Waals surface area contributed by atoms with Gasteiger partial charge < -0.3 is 5.32 Å². The zero-order valence-corrected chi connectivity index (χ0v) is 8.84. The number of thioether (sulfide) groups is 1. The molecule has 0 amide bonds. The van der Waals surface area contributed by atoms with Gasteiger partial charge in [0.05, 0.1) is 6.67 Å². The minimum absolute atomic E-state index is 0.104. The fraction of sp³-hybridized carbons (Fsp3) is 1.00. The van der Waals surface area contributed by atoms with E-state index in [1.54, 1.807) is 0 Å². The van der Waals surface area contributed by atoms with Crippen LogP contribution in [-0.2, 0) is 0 Å². The predicted molar refractivity (Wildman–Crippen MR) is 56.0 cm³/mol. The van der Waals surface area contributed by atoms with E-state index in [-0.39, 0.29) is 6.67 Å². The summed E-state index contributed by atoms with van der Waals surface area (Å²) in [6, 6.07) is 0. The lowest BCUT2D eigenvalue weighted by Gasteiger charge is -2.31. The maximum atomic E-state index is 12.8. The van der Waals surface area contributed by atoms with Crippen molar-refractivity contribution in [2.24, 2.45) is 5.92 Å². The lowest BCUT2D eigenvalue weighted by atomic mass is 9.85. The second-order valence-corrected chi connectivity index (χ2v) is 5.67. The van der Waals surface area contributed by atoms with E-state index < -0.39 is 0 Å². The Balaban J connectivity index is 2.06. The number of hydrogen-bond acceptors (Lipinski definition) is 2. The molecule has 0 saturated carbocycles. The van der Waals surface area contributed by atoms with Gasteiger partial charge in [0.25, 0.3) is 0 Å². The van der Waals surface area contributed by atoms with Gasteiger partial charge in [-0.2, -0.15) is 11.8 Å². The summed E-state index contributed by atoms with van der Waals surface area (Å²) in [5.74, 6) is 1.52. The first-order valence-electron chi connectivity index (χ1n) is 5.28. The van der Waals surface area contributed by atoms with E-state index in [1.807, 2.05) is 11.8 Å². The fourth-order valence-corrected chi connectivity index (χ4v) is 4.38. The highest BCUT2D eigenvalue weighted by Gasteiger charge is 2.43. The van der Waals surface area contributed by atoms with E-state index in [9.17, 15) is 4.39 Å². The van der Waals surface area contributed by atoms with Crippen molar-refractivity contribution in [1.82, 2.24) is 5.32 Å². The summed E-state index contributed by atoms with van der Waals surface area (Å²) in [4.78, 5) is 0. The Bertz CT molecular complexity index is 166. The van der Waals surface area contributed by atoms with Crippen LogP contribution in [0.2, 0.25) is 0 Å². The Kier molecular flexibility index (Phi) is 3.14. The summed E-state index contributed by atoms with van der Waals surface area (Å²) in [5, 5.41) is 3.41. The molecule has 76 valence electrons. The molecule has 2 rings (SSSR count). The van der Waals surface area contributed by atoms with Crippen LogP contribution in [0, 0.1) is 5.92 Å². The summed E-state index contributed by atoms with van der Waals surface area (Å²) >= 11 is 2.03. The summed E-state index contributed by atoms with van der Waals surface area (Å²) in [6.07, 6.45) is 4.72. The average molecular weight is 203 g/mol. The predicted octanol–water partition coefficient (Wildman–Crippen LogP) is 2.22. The molecule has 2 aliphatic heterocycles. The van der Waals surface area contributed by atoms with Gasteiger partial charge in [-0.15, -0.1) is 0 Å². The highest BCUT2D eigenvalue weighted by molar-refractivity contribution is 8.00. The van der Waals surface area contributed by atoms with E-state index in [0.717, 1.165) is 19.5 Å². The molecule has 1 nitrogen and oxygen atoms in total. The molecule has 1 N–H and O–H groups in total. The number of alkyl halides is 1. The zero-order chi connectivity index (χ0) is 9.15. The van der Waals surface area contributed by atoms with E-state index in [2.05, 4.69) is 5.32 Å². The van der Waals surface area contributed by atoms with Crippen LogP contribution < -0.4 is 5.32 Å². The molecule has 13 heavy (non-hydrogen) atoms. The van der Waals surface area contributed by atoms with E-state index in [1.165, 1.54) is 25.0 Å². The molecule has 2 unspecified atom stereocenters. The third kappa shape index (κ3) is 1.86. The molecule has 0 aliphatic carbocycles. The summed E-state index contributed by atoms with van der Waals surface area (Å²) in [7, 11) is 0. The highest BCUT2D eigenvalue weighted by atomic mass is 32.2. The summed E-state index contributed by atoms with van der Waals surface area (Å²) < 4.78 is 13.1. The monoisotopic (exact) mass is 203 g/mol. The van der Waals surface area contributed by atoms with Crippen molar-refractivity contribution < 1.29 is 4.39 Å². The van der Waals surface area contributed by atoms with Gasteiger partial charge in [-0.05, 0) is 44.5 Å². The third-order valence-electron chi connectivity index (χ3n) is 3.46. The number of nitrogens with one attached hydrogen (secondary N) is 1. The van der Waals surface area contributed by atoms with Gasteiger partial charge >= 0.3 is 0 Å². The molecule has 2 heterocycles. The van der Waals surface area contributed by atoms with Crippen LogP contribution in [0.3, 0.4) is 0 Å². The molecule has 1 spiro atoms. The summed E-state index contributed by atoms with van der Waals surface area (Å²) in [6.45, 7) is 2.11. The second-order valence-electron chi connectivity index (χ2n) is 4.16. The largest absolute Gasteiger partial charge is 0.317 e. The van der Waals surface area contributed by atoms with E-state index >= 15 is 0 Å². The molecule has 0 bridgehead atoms. The van der Waals surface area contributed by atoms with Gasteiger partial charge in [0, 0.05) is 10.7 Å². The van der Waals surface area contributed by atoms with E-state index in [4.69, 9.17) is 0 Å². The fourth-order valence-electron chi connectivity index (χ4n) is 2.62. The van der Waals surface area contributed by atoms with Crippen molar-refractivity contribution in [1.29, 1.82) is 0 Å². The van der Waals surface area contributed by atoms with Crippen molar-refractivity contribution in [3.8, 4) is 0 Å². The highest BCUT2D eigenvalue weighted by Crippen LogP contribution is 2.49. The van der Waals surface area contributed by atoms with Crippen LogP contribution in [0.15, 0.2) is 0 Å². The Morgan fingerprint density at radius 1 is 1.38 bits per heavy atom. The normalized spacial score (nSPS) is 40.8. The van der Waals surface area contributed by atoms with Crippen LogP contribution >= 0.6 is 11.8 Å². The van der Waals surface area contributed by atoms with Crippen LogP contribution in [0.4, 0.5) is 4.39 Å². The van der Waals surface area contributed by atoms with Crippen molar-refractivity contribution in [3.63, 3.8) is 0 Å². The maximum Gasteiger partial charge on any atom is 0.0936 e. The smallest absolute Gasteiger partial charge is 0.0936 e. The lowest BCUT2D eigenvalue weighted by molar-refractivity contribution is 0.279. The molecule has 0 aromatic carbocycles. The second kappa shape index (κ2) is 4.18. The third-order valence-corrected chi connectivity index (χ3v) is 5.22. The molecular weight excluding hydrogens is 185 g/mol. The molecule has 0 aromatic heterocycles. The molecule has 2 saturated heterocycles. The molecule has 2 aliphatic rings. The topological polar surface area (TPSA) is 12.0 Å². The van der Waals surface area contributed by atoms with Crippen molar-refractivity contribution in [3.05, 3.63) is 0 Å². The Morgan fingerprint density at radius 3 is 3.15 bits per heavy atom. The first kappa shape index (κ1) is 9.78. The summed E-state index contributed by atoms with van der Waals surface area (Å²) in [5.41, 5.74) is 0. The number of halogens is 1. The van der Waals surface area contributed by atoms with Crippen LogP contribution in [-0.4, -0.2) is 30.3 Å². The van der Waals surface area contributed by atoms with Crippen LogP contribution in [0.5, 0.6) is 0 Å². The minimum Gasteiger partial charge on any atom is -0.317 e. The standard InChI is InChI=1S/C10H18FNS/c11-8-9-2-7-13-10(9)3-1-5-12-6-4-10/h9,12H,1-8H2. The first-order valence-corrected chi connectivity index (χ1v) is 6.27. The molecule has 0 radical (unpaired) electrons. The van der Waals surface area contributed by atoms with Gasteiger partial charge in [0.1, 0.15) is 0 Å². The van der Waals surface area contributed by atoms with Crippen LogP contribution in [0.25, 0.3) is 0 Å². The average Bonchev–Trinajstić information content (AvgIpc) is 2.37. The van der Waals surface area contributed by atoms with E-state index in [0.29, 0.717) is 10.7 Å². The molecule has 2 atom stereocenters. The van der Waals surface area contributed by atoms with Gasteiger partial charge in [0.2, 0.25) is 0 Å². The zero-order valence-electron chi connectivity index (χ0n) is 8.02. The Hall–Kier alpha value is 0.240.